The Hall–Kier alpha value is -3.01. The number of amides is 1. The summed E-state index contributed by atoms with van der Waals surface area (Å²) in [7, 11) is 0. The van der Waals surface area contributed by atoms with E-state index in [0.717, 1.165) is 50.2 Å². The number of nitrogens with one attached hydrogen (secondary N) is 1. The lowest BCUT2D eigenvalue weighted by Gasteiger charge is -2.15. The minimum absolute atomic E-state index is 0.0371. The summed E-state index contributed by atoms with van der Waals surface area (Å²) in [5.41, 5.74) is 1.34. The van der Waals surface area contributed by atoms with Gasteiger partial charge in [-0.2, -0.15) is 0 Å². The SMILES string of the molecule is CCOC(=O)c1c(C2CC2)csc1NC(=O)COC(=O)c1ccc(N2CCCC2)nn1. The van der Waals surface area contributed by atoms with Crippen LogP contribution in [-0.4, -0.2) is 54.3 Å². The molecule has 1 aliphatic heterocycles. The molecule has 4 rings (SSSR count). The molecule has 1 saturated heterocycles. The summed E-state index contributed by atoms with van der Waals surface area (Å²) in [5, 5.41) is 12.9. The summed E-state index contributed by atoms with van der Waals surface area (Å²) < 4.78 is 10.2. The molecule has 0 bridgehead atoms. The average molecular weight is 445 g/mol. The highest BCUT2D eigenvalue weighted by Gasteiger charge is 2.32. The van der Waals surface area contributed by atoms with E-state index in [9.17, 15) is 14.4 Å². The summed E-state index contributed by atoms with van der Waals surface area (Å²) in [6.45, 7) is 3.35. The van der Waals surface area contributed by atoms with Crippen molar-refractivity contribution < 1.29 is 23.9 Å². The van der Waals surface area contributed by atoms with Crippen LogP contribution in [0.3, 0.4) is 0 Å². The van der Waals surface area contributed by atoms with Gasteiger partial charge in [-0.25, -0.2) is 9.59 Å². The fourth-order valence-corrected chi connectivity index (χ4v) is 4.54. The van der Waals surface area contributed by atoms with E-state index in [1.54, 1.807) is 19.1 Å². The van der Waals surface area contributed by atoms with E-state index >= 15 is 0 Å². The smallest absolute Gasteiger partial charge is 0.359 e. The Balaban J connectivity index is 1.34. The molecule has 2 aliphatic rings. The predicted molar refractivity (Wildman–Crippen MR) is 115 cm³/mol. The summed E-state index contributed by atoms with van der Waals surface area (Å²) in [6.07, 6.45) is 4.27. The molecule has 10 heteroatoms. The van der Waals surface area contributed by atoms with Crippen molar-refractivity contribution in [1.82, 2.24) is 10.2 Å². The second-order valence-corrected chi connectivity index (χ2v) is 8.36. The topological polar surface area (TPSA) is 111 Å². The van der Waals surface area contributed by atoms with E-state index in [2.05, 4.69) is 20.4 Å². The first-order valence-electron chi connectivity index (χ1n) is 10.4. The zero-order valence-corrected chi connectivity index (χ0v) is 18.1. The third-order valence-electron chi connectivity index (χ3n) is 5.19. The highest BCUT2D eigenvalue weighted by atomic mass is 32.1. The number of carbonyl (C=O) groups is 3. The Labute approximate surface area is 183 Å². The Morgan fingerprint density at radius 1 is 1.13 bits per heavy atom. The normalized spacial score (nSPS) is 15.6. The van der Waals surface area contributed by atoms with Gasteiger partial charge in [-0.15, -0.1) is 21.5 Å². The van der Waals surface area contributed by atoms with Crippen LogP contribution in [0.2, 0.25) is 0 Å². The van der Waals surface area contributed by atoms with Gasteiger partial charge in [-0.1, -0.05) is 0 Å². The number of ether oxygens (including phenoxy) is 2. The van der Waals surface area contributed by atoms with Gasteiger partial charge in [0.15, 0.2) is 18.1 Å². The molecule has 164 valence electrons. The van der Waals surface area contributed by atoms with Gasteiger partial charge in [0.05, 0.1) is 12.2 Å². The van der Waals surface area contributed by atoms with E-state index in [4.69, 9.17) is 9.47 Å². The van der Waals surface area contributed by atoms with Gasteiger partial charge in [0, 0.05) is 13.1 Å². The number of nitrogens with zero attached hydrogens (tertiary/aromatic N) is 3. The largest absolute Gasteiger partial charge is 0.462 e. The third kappa shape index (κ3) is 5.01. The molecule has 1 saturated carbocycles. The number of esters is 2. The minimum Gasteiger partial charge on any atom is -0.462 e. The number of carbonyl (C=O) groups excluding carboxylic acids is 3. The quantitative estimate of drug-likeness (QED) is 0.619. The highest BCUT2D eigenvalue weighted by molar-refractivity contribution is 7.15. The van der Waals surface area contributed by atoms with Crippen molar-refractivity contribution in [1.29, 1.82) is 0 Å². The van der Waals surface area contributed by atoms with Crippen LogP contribution in [0.5, 0.6) is 0 Å². The van der Waals surface area contributed by atoms with E-state index in [-0.39, 0.29) is 12.3 Å². The molecule has 0 aromatic carbocycles. The molecule has 9 nitrogen and oxygen atoms in total. The minimum atomic E-state index is -0.730. The van der Waals surface area contributed by atoms with Crippen LogP contribution in [0.4, 0.5) is 10.8 Å². The van der Waals surface area contributed by atoms with Crippen molar-refractivity contribution in [3.05, 3.63) is 34.3 Å². The summed E-state index contributed by atoms with van der Waals surface area (Å²) >= 11 is 1.27. The average Bonchev–Trinajstić information content (AvgIpc) is 3.30. The van der Waals surface area contributed by atoms with E-state index in [0.29, 0.717) is 16.5 Å². The van der Waals surface area contributed by atoms with Crippen LogP contribution < -0.4 is 10.2 Å². The number of thiophene rings is 1. The summed E-state index contributed by atoms with van der Waals surface area (Å²) in [5.74, 6) is -0.661. The lowest BCUT2D eigenvalue weighted by atomic mass is 10.1. The van der Waals surface area contributed by atoms with E-state index in [1.807, 2.05) is 5.38 Å². The van der Waals surface area contributed by atoms with Crippen molar-refractivity contribution >= 4 is 40.0 Å². The molecule has 1 amide bonds. The second-order valence-electron chi connectivity index (χ2n) is 7.49. The number of aromatic nitrogens is 2. The van der Waals surface area contributed by atoms with Crippen LogP contribution >= 0.6 is 11.3 Å². The monoisotopic (exact) mass is 444 g/mol. The van der Waals surface area contributed by atoms with Crippen LogP contribution in [0.15, 0.2) is 17.5 Å². The first kappa shape index (κ1) is 21.2. The summed E-state index contributed by atoms with van der Waals surface area (Å²) in [6, 6.07) is 3.27. The number of hydrogen-bond acceptors (Lipinski definition) is 9. The van der Waals surface area contributed by atoms with Gasteiger partial charge >= 0.3 is 11.9 Å². The Morgan fingerprint density at radius 3 is 2.55 bits per heavy atom. The second kappa shape index (κ2) is 9.42. The molecule has 2 fully saturated rings. The van der Waals surface area contributed by atoms with Crippen molar-refractivity contribution in [3.63, 3.8) is 0 Å². The third-order valence-corrected chi connectivity index (χ3v) is 6.11. The Bertz CT molecular complexity index is 965. The lowest BCUT2D eigenvalue weighted by Crippen LogP contribution is -2.23. The van der Waals surface area contributed by atoms with Gasteiger partial charge in [-0.05, 0) is 61.6 Å². The molecule has 0 unspecified atom stereocenters. The molecule has 1 N–H and O–H groups in total. The number of hydrogen-bond donors (Lipinski definition) is 1. The summed E-state index contributed by atoms with van der Waals surface area (Å²) in [4.78, 5) is 39.0. The Kier molecular flexibility index (Phi) is 6.45. The zero-order valence-electron chi connectivity index (χ0n) is 17.3. The maximum Gasteiger partial charge on any atom is 0.359 e. The van der Waals surface area contributed by atoms with Crippen LogP contribution in [-0.2, 0) is 14.3 Å². The number of rotatable bonds is 8. The predicted octanol–water partition coefficient (Wildman–Crippen LogP) is 2.99. The maximum absolute atomic E-state index is 12.4. The van der Waals surface area contributed by atoms with Gasteiger partial charge in [0.2, 0.25) is 0 Å². The molecule has 3 heterocycles. The number of anilines is 2. The maximum atomic E-state index is 12.4. The molecule has 2 aromatic rings. The zero-order chi connectivity index (χ0) is 21.8. The molecule has 1 aliphatic carbocycles. The standard InChI is InChI=1S/C21H24N4O5S/c1-2-29-21(28)18-14(13-5-6-13)12-31-19(18)22-17(26)11-30-20(27)15-7-8-16(24-23-15)25-9-3-4-10-25/h7-8,12-13H,2-6,9-11H2,1H3,(H,22,26). The fourth-order valence-electron chi connectivity index (χ4n) is 3.49. The molecule has 31 heavy (non-hydrogen) atoms. The highest BCUT2D eigenvalue weighted by Crippen LogP contribution is 2.46. The van der Waals surface area contributed by atoms with Crippen LogP contribution in [0.25, 0.3) is 0 Å². The first-order chi connectivity index (χ1) is 15.1. The van der Waals surface area contributed by atoms with Crippen molar-refractivity contribution in [2.45, 2.75) is 38.5 Å². The van der Waals surface area contributed by atoms with Crippen LogP contribution in [0.1, 0.15) is 64.9 Å². The van der Waals surface area contributed by atoms with Gasteiger partial charge in [0.25, 0.3) is 5.91 Å². The molecule has 0 radical (unpaired) electrons. The fraction of sp³-hybridized carbons (Fsp3) is 0.476. The van der Waals surface area contributed by atoms with Gasteiger partial charge < -0.3 is 19.7 Å². The van der Waals surface area contributed by atoms with Gasteiger partial charge in [0.1, 0.15) is 5.00 Å². The first-order valence-corrected chi connectivity index (χ1v) is 11.3. The van der Waals surface area contributed by atoms with Gasteiger partial charge in [-0.3, -0.25) is 4.79 Å². The van der Waals surface area contributed by atoms with E-state index < -0.39 is 24.5 Å². The van der Waals surface area contributed by atoms with Crippen LogP contribution in [0, 0.1) is 0 Å². The van der Waals surface area contributed by atoms with Crippen molar-refractivity contribution in [2.24, 2.45) is 0 Å². The Morgan fingerprint density at radius 2 is 1.90 bits per heavy atom. The molecular formula is C21H24N4O5S. The van der Waals surface area contributed by atoms with Crippen molar-refractivity contribution in [2.75, 3.05) is 36.5 Å². The molecule has 0 spiro atoms. The lowest BCUT2D eigenvalue weighted by molar-refractivity contribution is -0.119. The molecular weight excluding hydrogens is 420 g/mol. The molecule has 2 aromatic heterocycles. The molecule has 0 atom stereocenters. The van der Waals surface area contributed by atoms with Crippen molar-refractivity contribution in [3.8, 4) is 0 Å². The van der Waals surface area contributed by atoms with E-state index in [1.165, 1.54) is 11.3 Å².